The molecule has 3 aliphatic rings. The van der Waals surface area contributed by atoms with E-state index >= 15 is 0 Å². The Morgan fingerprint density at radius 3 is 2.88 bits per heavy atom. The lowest BCUT2D eigenvalue weighted by molar-refractivity contribution is 0.0237. The Morgan fingerprint density at radius 1 is 1.16 bits per heavy atom. The molecule has 1 N–H and O–H groups in total. The van der Waals surface area contributed by atoms with Crippen molar-refractivity contribution < 1.29 is 33.3 Å². The summed E-state index contributed by atoms with van der Waals surface area (Å²) < 4.78 is 27.3. The van der Waals surface area contributed by atoms with Crippen LogP contribution in [0.1, 0.15) is 23.2 Å². The molecule has 0 aliphatic carbocycles. The van der Waals surface area contributed by atoms with E-state index in [0.717, 1.165) is 12.8 Å². The molecule has 10 nitrogen and oxygen atoms in total. The van der Waals surface area contributed by atoms with Crippen molar-refractivity contribution in [2.75, 3.05) is 38.0 Å². The van der Waals surface area contributed by atoms with Crippen LogP contribution in [0.2, 0.25) is 0 Å². The molecule has 168 valence electrons. The van der Waals surface area contributed by atoms with Crippen molar-refractivity contribution in [1.82, 2.24) is 10.3 Å². The van der Waals surface area contributed by atoms with Gasteiger partial charge in [-0.05, 0) is 18.2 Å². The average molecular weight is 441 g/mol. The Kier molecular flexibility index (Phi) is 5.68. The number of nitrogens with one attached hydrogen (secondary N) is 1. The first kappa shape index (κ1) is 20.4. The van der Waals surface area contributed by atoms with Gasteiger partial charge in [-0.15, -0.1) is 0 Å². The molecule has 2 saturated heterocycles. The molecular weight excluding hydrogens is 418 g/mol. The van der Waals surface area contributed by atoms with E-state index in [-0.39, 0.29) is 25.3 Å². The molecule has 4 heterocycles. The smallest absolute Gasteiger partial charge is 0.414 e. The molecule has 5 rings (SSSR count). The van der Waals surface area contributed by atoms with Crippen LogP contribution in [0, 0.1) is 0 Å². The third kappa shape index (κ3) is 4.40. The highest BCUT2D eigenvalue weighted by Crippen LogP contribution is 2.36. The van der Waals surface area contributed by atoms with Crippen LogP contribution < -0.4 is 24.4 Å². The van der Waals surface area contributed by atoms with E-state index < -0.39 is 12.2 Å². The van der Waals surface area contributed by atoms with Gasteiger partial charge in [-0.2, -0.15) is 0 Å². The van der Waals surface area contributed by atoms with Gasteiger partial charge in [0.1, 0.15) is 12.2 Å². The lowest BCUT2D eigenvalue weighted by Gasteiger charge is -2.22. The lowest BCUT2D eigenvalue weighted by atomic mass is 10.1. The van der Waals surface area contributed by atoms with Crippen LogP contribution in [0.15, 0.2) is 36.5 Å². The van der Waals surface area contributed by atoms with Crippen LogP contribution in [-0.4, -0.2) is 62.3 Å². The molecular formula is C22H23N3O7. The van der Waals surface area contributed by atoms with Gasteiger partial charge in [-0.1, -0.05) is 0 Å². The number of hydrogen-bond acceptors (Lipinski definition) is 8. The summed E-state index contributed by atoms with van der Waals surface area (Å²) in [5.74, 6) is 1.35. The molecule has 0 spiro atoms. The maximum Gasteiger partial charge on any atom is 0.414 e. The van der Waals surface area contributed by atoms with Crippen LogP contribution in [-0.2, 0) is 9.47 Å². The maximum atomic E-state index is 12.6. The Balaban J connectivity index is 1.16. The molecule has 2 amide bonds. The lowest BCUT2D eigenvalue weighted by Crippen LogP contribution is -2.34. The van der Waals surface area contributed by atoms with Crippen molar-refractivity contribution in [2.24, 2.45) is 0 Å². The third-order valence-electron chi connectivity index (χ3n) is 5.48. The minimum Gasteiger partial charge on any atom is -0.474 e. The molecule has 1 aromatic heterocycles. The molecule has 1 atom stereocenters. The summed E-state index contributed by atoms with van der Waals surface area (Å²) in [6.07, 6.45) is 2.22. The number of amides is 2. The zero-order valence-corrected chi connectivity index (χ0v) is 17.3. The summed E-state index contributed by atoms with van der Waals surface area (Å²) in [5.41, 5.74) is 1.08. The summed E-state index contributed by atoms with van der Waals surface area (Å²) in [5, 5.41) is 2.82. The first-order chi connectivity index (χ1) is 15.7. The number of carbonyl (C=O) groups excluding carboxylic acids is 2. The van der Waals surface area contributed by atoms with E-state index in [2.05, 4.69) is 10.3 Å². The molecule has 32 heavy (non-hydrogen) atoms. The van der Waals surface area contributed by atoms with E-state index in [4.69, 9.17) is 23.7 Å². The van der Waals surface area contributed by atoms with Crippen LogP contribution in [0.5, 0.6) is 17.4 Å². The van der Waals surface area contributed by atoms with Gasteiger partial charge in [-0.3, -0.25) is 9.69 Å². The standard InChI is InChI=1S/C22H23N3O7/c26-21(14-3-6-23-20(9-14)31-16-4-7-28-8-5-16)24-11-17-12-25(22(27)32-17)15-1-2-18-19(10-15)30-13-29-18/h1-3,6,9-10,16-17H,4-5,7-8,11-13H2,(H,24,26)/t17-/m0/s1. The first-order valence-electron chi connectivity index (χ1n) is 10.5. The minimum atomic E-state index is -0.475. The monoisotopic (exact) mass is 441 g/mol. The topological polar surface area (TPSA) is 108 Å². The van der Waals surface area contributed by atoms with Gasteiger partial charge < -0.3 is 29.0 Å². The molecule has 0 radical (unpaired) electrons. The highest BCUT2D eigenvalue weighted by Gasteiger charge is 2.33. The Bertz CT molecular complexity index is 1010. The summed E-state index contributed by atoms with van der Waals surface area (Å²) in [6.45, 7) is 1.98. The van der Waals surface area contributed by atoms with Crippen LogP contribution in [0.4, 0.5) is 10.5 Å². The second-order valence-corrected chi connectivity index (χ2v) is 7.68. The van der Waals surface area contributed by atoms with Crippen molar-refractivity contribution in [2.45, 2.75) is 25.0 Å². The van der Waals surface area contributed by atoms with Crippen molar-refractivity contribution in [3.05, 3.63) is 42.1 Å². The number of carbonyl (C=O) groups is 2. The number of hydrogen-bond donors (Lipinski definition) is 1. The molecule has 2 aromatic rings. The van der Waals surface area contributed by atoms with E-state index in [1.165, 1.54) is 4.90 Å². The van der Waals surface area contributed by atoms with Gasteiger partial charge in [0.05, 0.1) is 32.0 Å². The van der Waals surface area contributed by atoms with E-state index in [1.54, 1.807) is 36.5 Å². The number of nitrogens with zero attached hydrogens (tertiary/aromatic N) is 2. The van der Waals surface area contributed by atoms with Crippen molar-refractivity contribution in [3.8, 4) is 17.4 Å². The van der Waals surface area contributed by atoms with Crippen LogP contribution >= 0.6 is 0 Å². The molecule has 10 heteroatoms. The average Bonchev–Trinajstić information content (AvgIpc) is 3.44. The molecule has 0 unspecified atom stereocenters. The maximum absolute atomic E-state index is 12.6. The predicted octanol–water partition coefficient (Wildman–Crippen LogP) is 2.12. The van der Waals surface area contributed by atoms with Crippen molar-refractivity contribution >= 4 is 17.7 Å². The predicted molar refractivity (Wildman–Crippen MR) is 111 cm³/mol. The molecule has 0 bridgehead atoms. The SMILES string of the molecule is O=C(NC[C@H]1CN(c2ccc3c(c2)OCO3)C(=O)O1)c1ccnc(OC2CCOCC2)c1. The number of rotatable bonds is 6. The van der Waals surface area contributed by atoms with Gasteiger partial charge in [0.2, 0.25) is 12.7 Å². The van der Waals surface area contributed by atoms with Crippen LogP contribution in [0.3, 0.4) is 0 Å². The van der Waals surface area contributed by atoms with Gasteiger partial charge in [-0.25, -0.2) is 9.78 Å². The normalized spacial score (nSPS) is 20.2. The number of fused-ring (bicyclic) bond motifs is 1. The number of ether oxygens (including phenoxy) is 5. The third-order valence-corrected chi connectivity index (χ3v) is 5.48. The van der Waals surface area contributed by atoms with Gasteiger partial charge in [0.15, 0.2) is 11.5 Å². The number of aromatic nitrogens is 1. The zero-order valence-electron chi connectivity index (χ0n) is 17.3. The van der Waals surface area contributed by atoms with E-state index in [1.807, 2.05) is 0 Å². The zero-order chi connectivity index (χ0) is 21.9. The summed E-state index contributed by atoms with van der Waals surface area (Å²) in [4.78, 5) is 30.6. The first-order valence-corrected chi connectivity index (χ1v) is 10.5. The fourth-order valence-electron chi connectivity index (χ4n) is 3.78. The summed E-state index contributed by atoms with van der Waals surface area (Å²) in [6, 6.07) is 8.49. The largest absolute Gasteiger partial charge is 0.474 e. The van der Waals surface area contributed by atoms with Crippen molar-refractivity contribution in [3.63, 3.8) is 0 Å². The number of pyridine rings is 1. The molecule has 3 aliphatic heterocycles. The number of benzene rings is 1. The fourth-order valence-corrected chi connectivity index (χ4v) is 3.78. The van der Waals surface area contributed by atoms with Crippen LogP contribution in [0.25, 0.3) is 0 Å². The van der Waals surface area contributed by atoms with Crippen molar-refractivity contribution in [1.29, 1.82) is 0 Å². The highest BCUT2D eigenvalue weighted by molar-refractivity contribution is 5.94. The van der Waals surface area contributed by atoms with Gasteiger partial charge >= 0.3 is 6.09 Å². The number of cyclic esters (lactones) is 1. The quantitative estimate of drug-likeness (QED) is 0.726. The number of anilines is 1. The second-order valence-electron chi connectivity index (χ2n) is 7.68. The van der Waals surface area contributed by atoms with E-state index in [9.17, 15) is 9.59 Å². The molecule has 0 saturated carbocycles. The van der Waals surface area contributed by atoms with E-state index in [0.29, 0.717) is 48.4 Å². The summed E-state index contributed by atoms with van der Waals surface area (Å²) >= 11 is 0. The second kappa shape index (κ2) is 8.91. The fraction of sp³-hybridized carbons (Fsp3) is 0.409. The summed E-state index contributed by atoms with van der Waals surface area (Å²) in [7, 11) is 0. The van der Waals surface area contributed by atoms with Gasteiger partial charge in [0, 0.05) is 36.7 Å². The Labute approximate surface area is 184 Å². The molecule has 2 fully saturated rings. The van der Waals surface area contributed by atoms with Gasteiger partial charge in [0.25, 0.3) is 5.91 Å². The molecule has 1 aromatic carbocycles. The minimum absolute atomic E-state index is 0.0367. The Morgan fingerprint density at radius 2 is 2.00 bits per heavy atom. The Hall–Kier alpha value is -3.53. The highest BCUT2D eigenvalue weighted by atomic mass is 16.7.